The number of aromatic nitrogens is 3. The van der Waals surface area contributed by atoms with Crippen LogP contribution in [0.2, 0.25) is 0 Å². The van der Waals surface area contributed by atoms with E-state index in [4.69, 9.17) is 0 Å². The Morgan fingerprint density at radius 2 is 2.08 bits per heavy atom. The summed E-state index contributed by atoms with van der Waals surface area (Å²) in [6.07, 6.45) is 7.11. The van der Waals surface area contributed by atoms with E-state index in [9.17, 15) is 14.0 Å². The number of carbonyl (C=O) groups excluding carboxylic acids is 1. The Morgan fingerprint density at radius 3 is 2.92 bits per heavy atom. The van der Waals surface area contributed by atoms with Crippen molar-refractivity contribution in [2.75, 3.05) is 5.32 Å². The number of amides is 1. The van der Waals surface area contributed by atoms with Crippen LogP contribution in [0, 0.1) is 5.82 Å². The van der Waals surface area contributed by atoms with Gasteiger partial charge in [0.15, 0.2) is 0 Å². The van der Waals surface area contributed by atoms with Crippen LogP contribution in [0.15, 0.2) is 41.5 Å². The van der Waals surface area contributed by atoms with Crippen molar-refractivity contribution in [2.24, 2.45) is 0 Å². The fraction of sp³-hybridized carbons (Fsp3) is 0.278. The monoisotopic (exact) mass is 340 g/mol. The van der Waals surface area contributed by atoms with Gasteiger partial charge in [0.05, 0.1) is 5.69 Å². The lowest BCUT2D eigenvalue weighted by molar-refractivity contribution is -0.116. The molecular formula is C18H17FN4O2. The van der Waals surface area contributed by atoms with Gasteiger partial charge in [-0.15, -0.1) is 0 Å². The van der Waals surface area contributed by atoms with Crippen LogP contribution in [0.4, 0.5) is 10.1 Å². The molecule has 1 N–H and O–H groups in total. The second-order valence-electron chi connectivity index (χ2n) is 6.22. The van der Waals surface area contributed by atoms with Gasteiger partial charge in [0.2, 0.25) is 5.91 Å². The van der Waals surface area contributed by atoms with Gasteiger partial charge in [-0.05, 0) is 43.9 Å². The normalized spacial score (nSPS) is 13.6. The van der Waals surface area contributed by atoms with Crippen molar-refractivity contribution < 1.29 is 9.18 Å². The lowest BCUT2D eigenvalue weighted by Gasteiger charge is -2.10. The van der Waals surface area contributed by atoms with Gasteiger partial charge in [-0.2, -0.15) is 5.10 Å². The third-order valence-electron chi connectivity index (χ3n) is 4.46. The molecule has 0 aliphatic heterocycles. The first-order chi connectivity index (χ1) is 12.1. The highest BCUT2D eigenvalue weighted by atomic mass is 19.1. The van der Waals surface area contributed by atoms with Crippen molar-refractivity contribution >= 4 is 17.1 Å². The Hall–Kier alpha value is -2.96. The SMILES string of the molecule is O=C(Cn1ccn2nc3c(c2c1=O)CCCC3)Nc1cccc(F)c1. The highest BCUT2D eigenvalue weighted by molar-refractivity contribution is 5.90. The zero-order chi connectivity index (χ0) is 17.4. The minimum absolute atomic E-state index is 0.133. The van der Waals surface area contributed by atoms with Gasteiger partial charge in [0.1, 0.15) is 17.9 Å². The maximum atomic E-state index is 13.2. The first-order valence-electron chi connectivity index (χ1n) is 8.27. The molecule has 0 unspecified atom stereocenters. The van der Waals surface area contributed by atoms with Crippen molar-refractivity contribution in [1.29, 1.82) is 0 Å². The number of halogens is 1. The molecule has 6 nitrogen and oxygen atoms in total. The molecule has 0 fully saturated rings. The minimum Gasteiger partial charge on any atom is -0.324 e. The van der Waals surface area contributed by atoms with E-state index in [0.717, 1.165) is 36.9 Å². The first kappa shape index (κ1) is 15.6. The Labute approximate surface area is 142 Å². The van der Waals surface area contributed by atoms with E-state index in [0.29, 0.717) is 11.2 Å². The Bertz CT molecular complexity index is 1020. The molecule has 0 spiro atoms. The smallest absolute Gasteiger partial charge is 0.277 e. The van der Waals surface area contributed by atoms with Crippen LogP contribution in [-0.4, -0.2) is 20.1 Å². The molecule has 0 radical (unpaired) electrons. The average molecular weight is 340 g/mol. The molecule has 1 aliphatic rings. The number of carbonyl (C=O) groups is 1. The fourth-order valence-electron chi connectivity index (χ4n) is 3.30. The Kier molecular flexibility index (Phi) is 3.83. The van der Waals surface area contributed by atoms with Crippen LogP contribution in [0.3, 0.4) is 0 Å². The molecular weight excluding hydrogens is 323 g/mol. The lowest BCUT2D eigenvalue weighted by Crippen LogP contribution is -2.28. The van der Waals surface area contributed by atoms with Gasteiger partial charge in [0, 0.05) is 23.6 Å². The van der Waals surface area contributed by atoms with Crippen LogP contribution >= 0.6 is 0 Å². The van der Waals surface area contributed by atoms with E-state index in [1.807, 2.05) is 0 Å². The summed E-state index contributed by atoms with van der Waals surface area (Å²) in [5.74, 6) is -0.812. The summed E-state index contributed by atoms with van der Waals surface area (Å²) in [6, 6.07) is 5.65. The number of hydrogen-bond donors (Lipinski definition) is 1. The highest BCUT2D eigenvalue weighted by Gasteiger charge is 2.20. The number of hydrogen-bond acceptors (Lipinski definition) is 3. The summed E-state index contributed by atoms with van der Waals surface area (Å²) in [5, 5.41) is 7.07. The van der Waals surface area contributed by atoms with Gasteiger partial charge in [-0.25, -0.2) is 8.91 Å². The van der Waals surface area contributed by atoms with E-state index in [1.165, 1.54) is 22.8 Å². The van der Waals surface area contributed by atoms with E-state index >= 15 is 0 Å². The van der Waals surface area contributed by atoms with Gasteiger partial charge in [-0.3, -0.25) is 9.59 Å². The molecule has 25 heavy (non-hydrogen) atoms. The van der Waals surface area contributed by atoms with Crippen molar-refractivity contribution in [3.05, 3.63) is 64.1 Å². The van der Waals surface area contributed by atoms with Crippen LogP contribution in [-0.2, 0) is 24.2 Å². The van der Waals surface area contributed by atoms with E-state index in [2.05, 4.69) is 10.4 Å². The zero-order valence-corrected chi connectivity index (χ0v) is 13.5. The molecule has 7 heteroatoms. The number of benzene rings is 1. The molecule has 2 heterocycles. The summed E-state index contributed by atoms with van der Waals surface area (Å²) in [6.45, 7) is -0.133. The maximum absolute atomic E-state index is 13.2. The predicted molar refractivity (Wildman–Crippen MR) is 91.1 cm³/mol. The van der Waals surface area contributed by atoms with E-state index < -0.39 is 5.82 Å². The standard InChI is InChI=1S/C18H17FN4O2/c19-12-4-3-5-13(10-12)20-16(24)11-22-8-9-23-17(18(22)25)14-6-1-2-7-15(14)21-23/h3-5,8-10H,1-2,6-7,11H2,(H,20,24). The zero-order valence-electron chi connectivity index (χ0n) is 13.5. The largest absolute Gasteiger partial charge is 0.324 e. The summed E-state index contributed by atoms with van der Waals surface area (Å²) in [5.41, 5.74) is 2.66. The third-order valence-corrected chi connectivity index (χ3v) is 4.46. The van der Waals surface area contributed by atoms with E-state index in [-0.39, 0.29) is 18.0 Å². The minimum atomic E-state index is -0.428. The summed E-state index contributed by atoms with van der Waals surface area (Å²) in [7, 11) is 0. The maximum Gasteiger partial charge on any atom is 0.277 e. The predicted octanol–water partition coefficient (Wildman–Crippen LogP) is 2.15. The number of fused-ring (bicyclic) bond motifs is 3. The average Bonchev–Trinajstić information content (AvgIpc) is 2.96. The fourth-order valence-corrected chi connectivity index (χ4v) is 3.30. The number of rotatable bonds is 3. The second kappa shape index (κ2) is 6.16. The van der Waals surface area contributed by atoms with Gasteiger partial charge in [-0.1, -0.05) is 6.07 Å². The van der Waals surface area contributed by atoms with Crippen molar-refractivity contribution in [2.45, 2.75) is 32.2 Å². The Morgan fingerprint density at radius 1 is 1.24 bits per heavy atom. The van der Waals surface area contributed by atoms with Crippen LogP contribution in [0.5, 0.6) is 0 Å². The quantitative estimate of drug-likeness (QED) is 0.794. The van der Waals surface area contributed by atoms with Crippen molar-refractivity contribution in [3.63, 3.8) is 0 Å². The molecule has 4 rings (SSSR count). The first-order valence-corrected chi connectivity index (χ1v) is 8.27. The Balaban J connectivity index is 1.62. The molecule has 1 aromatic carbocycles. The van der Waals surface area contributed by atoms with Gasteiger partial charge < -0.3 is 9.88 Å². The summed E-state index contributed by atoms with van der Waals surface area (Å²) >= 11 is 0. The topological polar surface area (TPSA) is 68.4 Å². The summed E-state index contributed by atoms with van der Waals surface area (Å²) < 4.78 is 16.2. The highest BCUT2D eigenvalue weighted by Crippen LogP contribution is 2.22. The second-order valence-corrected chi connectivity index (χ2v) is 6.22. The van der Waals surface area contributed by atoms with Crippen LogP contribution in [0.25, 0.3) is 5.52 Å². The molecule has 0 bridgehead atoms. The lowest BCUT2D eigenvalue weighted by atomic mass is 9.97. The molecule has 2 aromatic heterocycles. The molecule has 0 saturated heterocycles. The third kappa shape index (κ3) is 2.93. The van der Waals surface area contributed by atoms with Crippen LogP contribution < -0.4 is 10.9 Å². The van der Waals surface area contributed by atoms with Crippen LogP contribution in [0.1, 0.15) is 24.1 Å². The van der Waals surface area contributed by atoms with Crippen molar-refractivity contribution in [1.82, 2.24) is 14.2 Å². The number of nitrogens with zero attached hydrogens (tertiary/aromatic N) is 3. The number of anilines is 1. The molecule has 3 aromatic rings. The molecule has 0 saturated carbocycles. The van der Waals surface area contributed by atoms with Crippen molar-refractivity contribution in [3.8, 4) is 0 Å². The number of nitrogens with one attached hydrogen (secondary N) is 1. The molecule has 1 aliphatic carbocycles. The van der Waals surface area contributed by atoms with Gasteiger partial charge >= 0.3 is 0 Å². The molecule has 128 valence electrons. The van der Waals surface area contributed by atoms with Gasteiger partial charge in [0.25, 0.3) is 5.56 Å². The molecule has 0 atom stereocenters. The summed E-state index contributed by atoms with van der Waals surface area (Å²) in [4.78, 5) is 25.0. The number of aryl methyl sites for hydroxylation is 2. The van der Waals surface area contributed by atoms with E-state index in [1.54, 1.807) is 23.0 Å². The molecule has 1 amide bonds.